The summed E-state index contributed by atoms with van der Waals surface area (Å²) in [7, 11) is 0. The minimum absolute atomic E-state index is 0.0380. The molecular weight excluding hydrogens is 374 g/mol. The standard InChI is InChI=1S/C25H33N3O2/c1-20-11-8-9-17-28(20)18-10-16-26-24(29)19-23(21-12-4-2-5-13-21)27-25(30)22-14-6-3-7-15-22/h2-7,12-15,20,23H,8-11,16-19H2,1H3,(H,26,29)(H,27,30). The van der Waals surface area contributed by atoms with Gasteiger partial charge in [0.05, 0.1) is 12.5 Å². The van der Waals surface area contributed by atoms with Crippen molar-refractivity contribution in [2.24, 2.45) is 0 Å². The Morgan fingerprint density at radius 3 is 2.43 bits per heavy atom. The largest absolute Gasteiger partial charge is 0.356 e. The lowest BCUT2D eigenvalue weighted by molar-refractivity contribution is -0.121. The average Bonchev–Trinajstić information content (AvgIpc) is 2.78. The van der Waals surface area contributed by atoms with Gasteiger partial charge in [0, 0.05) is 24.7 Å². The molecule has 160 valence electrons. The zero-order chi connectivity index (χ0) is 21.2. The number of hydrogen-bond donors (Lipinski definition) is 2. The zero-order valence-corrected chi connectivity index (χ0v) is 17.8. The summed E-state index contributed by atoms with van der Waals surface area (Å²) >= 11 is 0. The second-order valence-electron chi connectivity index (χ2n) is 8.09. The number of carbonyl (C=O) groups is 2. The van der Waals surface area contributed by atoms with Gasteiger partial charge in [0.15, 0.2) is 0 Å². The van der Waals surface area contributed by atoms with E-state index < -0.39 is 0 Å². The van der Waals surface area contributed by atoms with Crippen molar-refractivity contribution < 1.29 is 9.59 Å². The normalized spacial score (nSPS) is 17.8. The first kappa shape index (κ1) is 22.0. The number of piperidine rings is 1. The van der Waals surface area contributed by atoms with Gasteiger partial charge in [-0.2, -0.15) is 0 Å². The number of likely N-dealkylation sites (tertiary alicyclic amines) is 1. The van der Waals surface area contributed by atoms with Gasteiger partial charge in [0.25, 0.3) is 5.91 Å². The van der Waals surface area contributed by atoms with E-state index in [1.807, 2.05) is 48.5 Å². The van der Waals surface area contributed by atoms with Gasteiger partial charge >= 0.3 is 0 Å². The second-order valence-corrected chi connectivity index (χ2v) is 8.09. The third-order valence-corrected chi connectivity index (χ3v) is 5.82. The van der Waals surface area contributed by atoms with Crippen LogP contribution in [-0.2, 0) is 4.79 Å². The molecule has 0 radical (unpaired) electrons. The number of carbonyl (C=O) groups excluding carboxylic acids is 2. The van der Waals surface area contributed by atoms with Crippen molar-refractivity contribution in [2.75, 3.05) is 19.6 Å². The molecule has 5 nitrogen and oxygen atoms in total. The summed E-state index contributed by atoms with van der Waals surface area (Å²) in [5.41, 5.74) is 1.52. The SMILES string of the molecule is CC1CCCCN1CCCNC(=O)CC(NC(=O)c1ccccc1)c1ccccc1. The van der Waals surface area contributed by atoms with Crippen LogP contribution in [-0.4, -0.2) is 42.4 Å². The van der Waals surface area contributed by atoms with Crippen LogP contribution < -0.4 is 10.6 Å². The van der Waals surface area contributed by atoms with E-state index in [2.05, 4.69) is 22.5 Å². The molecule has 2 unspecified atom stereocenters. The summed E-state index contributed by atoms with van der Waals surface area (Å²) in [5, 5.41) is 6.05. The van der Waals surface area contributed by atoms with Crippen molar-refractivity contribution >= 4 is 11.8 Å². The minimum Gasteiger partial charge on any atom is -0.356 e. The molecule has 0 spiro atoms. The van der Waals surface area contributed by atoms with Crippen LogP contribution in [0, 0.1) is 0 Å². The smallest absolute Gasteiger partial charge is 0.251 e. The summed E-state index contributed by atoms with van der Waals surface area (Å²) in [4.78, 5) is 27.7. The molecule has 3 rings (SSSR count). The van der Waals surface area contributed by atoms with Gasteiger partial charge in [0.2, 0.25) is 5.91 Å². The first-order valence-electron chi connectivity index (χ1n) is 11.0. The Kier molecular flexibility index (Phi) is 8.45. The monoisotopic (exact) mass is 407 g/mol. The quantitative estimate of drug-likeness (QED) is 0.619. The van der Waals surface area contributed by atoms with Gasteiger partial charge in [-0.05, 0) is 50.4 Å². The number of nitrogens with zero attached hydrogens (tertiary/aromatic N) is 1. The highest BCUT2D eigenvalue weighted by Crippen LogP contribution is 2.18. The van der Waals surface area contributed by atoms with Crippen molar-refractivity contribution in [1.82, 2.24) is 15.5 Å². The van der Waals surface area contributed by atoms with Gasteiger partial charge in [-0.3, -0.25) is 9.59 Å². The summed E-state index contributed by atoms with van der Waals surface area (Å²) in [6.45, 7) is 5.14. The molecule has 1 fully saturated rings. The third-order valence-electron chi connectivity index (χ3n) is 5.82. The molecule has 1 aliphatic rings. The Bertz CT molecular complexity index is 795. The maximum absolute atomic E-state index is 12.6. The van der Waals surface area contributed by atoms with Crippen LogP contribution in [0.1, 0.15) is 61.0 Å². The van der Waals surface area contributed by atoms with Crippen LogP contribution in [0.25, 0.3) is 0 Å². The van der Waals surface area contributed by atoms with Gasteiger partial charge in [0.1, 0.15) is 0 Å². The van der Waals surface area contributed by atoms with Crippen molar-refractivity contribution in [2.45, 2.75) is 51.1 Å². The van der Waals surface area contributed by atoms with Crippen LogP contribution in [0.15, 0.2) is 60.7 Å². The molecule has 2 aromatic carbocycles. The fourth-order valence-corrected chi connectivity index (χ4v) is 4.03. The fraction of sp³-hybridized carbons (Fsp3) is 0.440. The summed E-state index contributed by atoms with van der Waals surface area (Å²) in [5.74, 6) is -0.208. The van der Waals surface area contributed by atoms with E-state index in [9.17, 15) is 9.59 Å². The van der Waals surface area contributed by atoms with Gasteiger partial charge in [-0.25, -0.2) is 0 Å². The molecule has 2 atom stereocenters. The van der Waals surface area contributed by atoms with Crippen LogP contribution in [0.3, 0.4) is 0 Å². The number of rotatable bonds is 9. The predicted molar refractivity (Wildman–Crippen MR) is 120 cm³/mol. The molecule has 0 bridgehead atoms. The molecule has 0 aliphatic carbocycles. The highest BCUT2D eigenvalue weighted by Gasteiger charge is 2.20. The van der Waals surface area contributed by atoms with Gasteiger partial charge in [-0.1, -0.05) is 55.0 Å². The Labute approximate surface area is 179 Å². The first-order valence-corrected chi connectivity index (χ1v) is 11.0. The van der Waals surface area contributed by atoms with Gasteiger partial charge in [-0.15, -0.1) is 0 Å². The van der Waals surface area contributed by atoms with Crippen molar-refractivity contribution in [1.29, 1.82) is 0 Å². The maximum Gasteiger partial charge on any atom is 0.251 e. The molecule has 1 saturated heterocycles. The number of amides is 2. The topological polar surface area (TPSA) is 61.4 Å². The zero-order valence-electron chi connectivity index (χ0n) is 17.8. The number of nitrogens with one attached hydrogen (secondary N) is 2. The first-order chi connectivity index (χ1) is 14.6. The maximum atomic E-state index is 12.6. The summed E-state index contributed by atoms with van der Waals surface area (Å²) in [6, 6.07) is 19.1. The van der Waals surface area contributed by atoms with Gasteiger partial charge < -0.3 is 15.5 Å². The van der Waals surface area contributed by atoms with Crippen LogP contribution in [0.5, 0.6) is 0 Å². The molecule has 30 heavy (non-hydrogen) atoms. The fourth-order valence-electron chi connectivity index (χ4n) is 4.03. The van der Waals surface area contributed by atoms with E-state index in [4.69, 9.17) is 0 Å². The Morgan fingerprint density at radius 2 is 1.73 bits per heavy atom. The summed E-state index contributed by atoms with van der Waals surface area (Å²) in [6.07, 6.45) is 5.04. The third kappa shape index (κ3) is 6.70. The number of hydrogen-bond acceptors (Lipinski definition) is 3. The van der Waals surface area contributed by atoms with Crippen molar-refractivity contribution in [3.05, 3.63) is 71.8 Å². The predicted octanol–water partition coefficient (Wildman–Crippen LogP) is 3.93. The summed E-state index contributed by atoms with van der Waals surface area (Å²) < 4.78 is 0. The molecule has 2 aromatic rings. The lowest BCUT2D eigenvalue weighted by Crippen LogP contribution is -2.39. The van der Waals surface area contributed by atoms with Crippen LogP contribution in [0.2, 0.25) is 0 Å². The van der Waals surface area contributed by atoms with E-state index in [0.717, 1.165) is 25.1 Å². The Morgan fingerprint density at radius 1 is 1.03 bits per heavy atom. The Balaban J connectivity index is 1.51. The molecule has 5 heteroatoms. The second kappa shape index (κ2) is 11.5. The lowest BCUT2D eigenvalue weighted by Gasteiger charge is -2.33. The van der Waals surface area contributed by atoms with Crippen molar-refractivity contribution in [3.63, 3.8) is 0 Å². The minimum atomic E-state index is -0.360. The van der Waals surface area contributed by atoms with Crippen LogP contribution in [0.4, 0.5) is 0 Å². The van der Waals surface area contributed by atoms with E-state index >= 15 is 0 Å². The number of benzene rings is 2. The Hall–Kier alpha value is -2.66. The molecule has 1 aliphatic heterocycles. The molecule has 1 heterocycles. The highest BCUT2D eigenvalue weighted by atomic mass is 16.2. The molecular formula is C25H33N3O2. The molecule has 0 aromatic heterocycles. The van der Waals surface area contributed by atoms with Crippen LogP contribution >= 0.6 is 0 Å². The highest BCUT2D eigenvalue weighted by molar-refractivity contribution is 5.94. The van der Waals surface area contributed by atoms with E-state index in [0.29, 0.717) is 18.2 Å². The average molecular weight is 408 g/mol. The molecule has 2 N–H and O–H groups in total. The van der Waals surface area contributed by atoms with E-state index in [1.165, 1.54) is 19.3 Å². The van der Waals surface area contributed by atoms with E-state index in [1.54, 1.807) is 12.1 Å². The van der Waals surface area contributed by atoms with E-state index in [-0.39, 0.29) is 24.3 Å². The van der Waals surface area contributed by atoms with Crippen molar-refractivity contribution in [3.8, 4) is 0 Å². The molecule has 2 amide bonds. The lowest BCUT2D eigenvalue weighted by atomic mass is 10.0. The molecule has 0 saturated carbocycles.